The van der Waals surface area contributed by atoms with Crippen molar-refractivity contribution in [2.45, 2.75) is 11.4 Å². The fraction of sp³-hybridized carbons (Fsp3) is 0.143. The number of carbonyl (C=O) groups is 1. The Morgan fingerprint density at radius 1 is 1.11 bits per heavy atom. The van der Waals surface area contributed by atoms with Crippen LogP contribution in [0.5, 0.6) is 0 Å². The zero-order valence-corrected chi connectivity index (χ0v) is 16.0. The van der Waals surface area contributed by atoms with Crippen LogP contribution in [0.3, 0.4) is 0 Å². The summed E-state index contributed by atoms with van der Waals surface area (Å²) in [6.07, 6.45) is 3.29. The molecule has 0 amide bonds. The number of carbonyl (C=O) groups excluding carboxylic acids is 1. The molecule has 0 saturated carbocycles. The third kappa shape index (κ3) is 4.60. The van der Waals surface area contributed by atoms with Gasteiger partial charge >= 0.3 is 5.97 Å². The van der Waals surface area contributed by atoms with Crippen molar-refractivity contribution in [3.05, 3.63) is 78.0 Å². The van der Waals surface area contributed by atoms with Gasteiger partial charge in [-0.15, -0.1) is 0 Å². The van der Waals surface area contributed by atoms with Gasteiger partial charge in [-0.1, -0.05) is 42.5 Å². The summed E-state index contributed by atoms with van der Waals surface area (Å²) in [4.78, 5) is 16.9. The quantitative estimate of drug-likeness (QED) is 0.657. The first-order valence-electron chi connectivity index (χ1n) is 8.38. The minimum atomic E-state index is -1.04. The highest BCUT2D eigenvalue weighted by Gasteiger charge is 2.12. The number of nitrogens with zero attached hydrogens (tertiary/aromatic N) is 1. The second-order valence-electron chi connectivity index (χ2n) is 5.92. The average Bonchev–Trinajstić information content (AvgIpc) is 2.72. The number of esters is 1. The molecule has 3 aromatic rings. The predicted molar refractivity (Wildman–Crippen MR) is 107 cm³/mol. The monoisotopic (exact) mass is 380 g/mol. The summed E-state index contributed by atoms with van der Waals surface area (Å²) in [7, 11) is 0.343. The largest absolute Gasteiger partial charge is 0.465 e. The lowest BCUT2D eigenvalue weighted by atomic mass is 9.99. The van der Waals surface area contributed by atoms with E-state index >= 15 is 0 Å². The van der Waals surface area contributed by atoms with Crippen molar-refractivity contribution < 1.29 is 13.7 Å². The lowest BCUT2D eigenvalue weighted by Crippen LogP contribution is -2.04. The van der Waals surface area contributed by atoms with Crippen LogP contribution in [0.15, 0.2) is 71.8 Å². The number of nitrogens with one attached hydrogen (secondary N) is 1. The molecule has 6 heteroatoms. The highest BCUT2D eigenvalue weighted by Crippen LogP contribution is 2.25. The topological polar surface area (TPSA) is 68.3 Å². The number of rotatable bonds is 6. The summed E-state index contributed by atoms with van der Waals surface area (Å²) in [5.41, 5.74) is 3.39. The van der Waals surface area contributed by atoms with Crippen molar-refractivity contribution >= 4 is 22.6 Å². The SMILES string of the molecule is COC(=O)c1ccccc1-c1ccc(CNc2cc(S(C)=O)ccn2)cc1. The van der Waals surface area contributed by atoms with Crippen LogP contribution in [0.4, 0.5) is 5.82 Å². The Bertz CT molecular complexity index is 971. The van der Waals surface area contributed by atoms with Crippen molar-refractivity contribution in [3.63, 3.8) is 0 Å². The van der Waals surface area contributed by atoms with Gasteiger partial charge in [-0.05, 0) is 34.9 Å². The zero-order valence-electron chi connectivity index (χ0n) is 15.1. The molecule has 1 aromatic heterocycles. The Labute approximate surface area is 160 Å². The van der Waals surface area contributed by atoms with Crippen LogP contribution < -0.4 is 5.32 Å². The van der Waals surface area contributed by atoms with Crippen molar-refractivity contribution in [1.29, 1.82) is 0 Å². The molecule has 1 N–H and O–H groups in total. The maximum Gasteiger partial charge on any atom is 0.338 e. The molecule has 0 spiro atoms. The fourth-order valence-corrected chi connectivity index (χ4v) is 3.23. The average molecular weight is 380 g/mol. The van der Waals surface area contributed by atoms with Crippen LogP contribution >= 0.6 is 0 Å². The van der Waals surface area contributed by atoms with E-state index in [0.29, 0.717) is 17.9 Å². The van der Waals surface area contributed by atoms with Crippen molar-refractivity contribution in [2.75, 3.05) is 18.7 Å². The van der Waals surface area contributed by atoms with Crippen LogP contribution in [0, 0.1) is 0 Å². The van der Waals surface area contributed by atoms with E-state index in [9.17, 15) is 9.00 Å². The molecule has 0 aliphatic heterocycles. The molecule has 27 heavy (non-hydrogen) atoms. The van der Waals surface area contributed by atoms with E-state index in [4.69, 9.17) is 4.74 Å². The summed E-state index contributed by atoms with van der Waals surface area (Å²) in [5.74, 6) is 0.332. The molecule has 0 aliphatic carbocycles. The lowest BCUT2D eigenvalue weighted by Gasteiger charge is -2.10. The Kier molecular flexibility index (Phi) is 5.98. The first-order valence-corrected chi connectivity index (χ1v) is 9.94. The predicted octanol–water partition coefficient (Wildman–Crippen LogP) is 3.88. The molecule has 3 rings (SSSR count). The van der Waals surface area contributed by atoms with E-state index in [0.717, 1.165) is 21.6 Å². The first kappa shape index (κ1) is 18.8. The summed E-state index contributed by atoms with van der Waals surface area (Å²) in [6.45, 7) is 0.589. The number of hydrogen-bond acceptors (Lipinski definition) is 5. The fourth-order valence-electron chi connectivity index (χ4n) is 2.70. The molecular weight excluding hydrogens is 360 g/mol. The number of hydrogen-bond donors (Lipinski definition) is 1. The van der Waals surface area contributed by atoms with E-state index < -0.39 is 10.8 Å². The molecule has 138 valence electrons. The van der Waals surface area contributed by atoms with Gasteiger partial charge in [-0.2, -0.15) is 0 Å². The molecule has 1 atom stereocenters. The molecule has 0 fully saturated rings. The van der Waals surface area contributed by atoms with Gasteiger partial charge in [0.2, 0.25) is 0 Å². The third-order valence-corrected chi connectivity index (χ3v) is 5.05. The molecular formula is C21H20N2O3S. The van der Waals surface area contributed by atoms with Gasteiger partial charge in [0.25, 0.3) is 0 Å². The number of methoxy groups -OCH3 is 1. The Hall–Kier alpha value is -2.99. The normalized spacial score (nSPS) is 11.6. The van der Waals surface area contributed by atoms with Gasteiger partial charge < -0.3 is 10.1 Å². The second kappa shape index (κ2) is 8.60. The van der Waals surface area contributed by atoms with Gasteiger partial charge in [-0.3, -0.25) is 4.21 Å². The lowest BCUT2D eigenvalue weighted by molar-refractivity contribution is 0.0601. The minimum absolute atomic E-state index is 0.351. The molecule has 1 heterocycles. The Morgan fingerprint density at radius 3 is 2.56 bits per heavy atom. The highest BCUT2D eigenvalue weighted by molar-refractivity contribution is 7.84. The van der Waals surface area contributed by atoms with Gasteiger partial charge in [-0.25, -0.2) is 9.78 Å². The van der Waals surface area contributed by atoms with Gasteiger partial charge in [0.05, 0.1) is 12.7 Å². The van der Waals surface area contributed by atoms with Crippen LogP contribution in [0.1, 0.15) is 15.9 Å². The summed E-state index contributed by atoms with van der Waals surface area (Å²) in [6, 6.07) is 18.9. The van der Waals surface area contributed by atoms with E-state index in [-0.39, 0.29) is 5.97 Å². The number of aromatic nitrogens is 1. The highest BCUT2D eigenvalue weighted by atomic mass is 32.2. The van der Waals surface area contributed by atoms with Crippen molar-refractivity contribution in [3.8, 4) is 11.1 Å². The van der Waals surface area contributed by atoms with Crippen LogP contribution in [0.25, 0.3) is 11.1 Å². The van der Waals surface area contributed by atoms with Gasteiger partial charge in [0, 0.05) is 34.7 Å². The molecule has 1 unspecified atom stereocenters. The molecule has 5 nitrogen and oxygen atoms in total. The minimum Gasteiger partial charge on any atom is -0.465 e. The Balaban J connectivity index is 1.74. The zero-order chi connectivity index (χ0) is 19.2. The van der Waals surface area contributed by atoms with E-state index in [1.54, 1.807) is 30.7 Å². The van der Waals surface area contributed by atoms with Gasteiger partial charge in [0.1, 0.15) is 5.82 Å². The summed E-state index contributed by atoms with van der Waals surface area (Å²) < 4.78 is 16.4. The first-order chi connectivity index (χ1) is 13.1. The molecule has 0 saturated heterocycles. The van der Waals surface area contributed by atoms with Crippen LogP contribution in [-0.2, 0) is 22.1 Å². The van der Waals surface area contributed by atoms with Gasteiger partial charge in [0.15, 0.2) is 0 Å². The Morgan fingerprint density at radius 2 is 1.85 bits per heavy atom. The molecule has 2 aromatic carbocycles. The third-order valence-electron chi connectivity index (χ3n) is 4.13. The number of pyridine rings is 1. The summed E-state index contributed by atoms with van der Waals surface area (Å²) >= 11 is 0. The molecule has 0 bridgehead atoms. The molecule has 0 aliphatic rings. The maximum absolute atomic E-state index is 11.9. The second-order valence-corrected chi connectivity index (χ2v) is 7.30. The number of ether oxygens (including phenoxy) is 1. The van der Waals surface area contributed by atoms with Crippen LogP contribution in [0.2, 0.25) is 0 Å². The van der Waals surface area contributed by atoms with Crippen LogP contribution in [-0.4, -0.2) is 28.5 Å². The number of anilines is 1. The van der Waals surface area contributed by atoms with E-state index in [1.165, 1.54) is 7.11 Å². The van der Waals surface area contributed by atoms with Crippen molar-refractivity contribution in [2.24, 2.45) is 0 Å². The smallest absolute Gasteiger partial charge is 0.338 e. The van der Waals surface area contributed by atoms with E-state index in [1.807, 2.05) is 42.5 Å². The summed E-state index contributed by atoms with van der Waals surface area (Å²) in [5, 5.41) is 3.23. The standard InChI is InChI=1S/C21H20N2O3S/c1-26-21(24)19-6-4-3-5-18(19)16-9-7-15(8-10-16)14-23-20-13-17(27(2)25)11-12-22-20/h3-13H,14H2,1-2H3,(H,22,23). The number of benzene rings is 2. The molecule has 0 radical (unpaired) electrons. The van der Waals surface area contributed by atoms with E-state index in [2.05, 4.69) is 10.3 Å². The maximum atomic E-state index is 11.9. The van der Waals surface area contributed by atoms with Crippen molar-refractivity contribution in [1.82, 2.24) is 4.98 Å².